The first kappa shape index (κ1) is 26.3. The number of carbonyl (C=O) groups excluding carboxylic acids is 1. The average Bonchev–Trinajstić information content (AvgIpc) is 2.91. The molecule has 6 nitrogen and oxygen atoms in total. The summed E-state index contributed by atoms with van der Waals surface area (Å²) >= 11 is 12.1. The number of methoxy groups -OCH3 is 1. The SMILES string of the molecule is COc1ccc(/C=C(/C(=O)Nc2ccc(S(=O)(=O)Nc3cccc(Cl)c3Cl)cc2)c2ccccc2)cc1. The first-order valence-corrected chi connectivity index (χ1v) is 13.3. The van der Waals surface area contributed by atoms with Crippen molar-refractivity contribution in [2.24, 2.45) is 0 Å². The highest BCUT2D eigenvalue weighted by Gasteiger charge is 2.18. The zero-order chi connectivity index (χ0) is 26.4. The van der Waals surface area contributed by atoms with Crippen molar-refractivity contribution < 1.29 is 17.9 Å². The van der Waals surface area contributed by atoms with Gasteiger partial charge in [0.15, 0.2) is 0 Å². The second kappa shape index (κ2) is 11.5. The Labute approximate surface area is 225 Å². The van der Waals surface area contributed by atoms with Crippen LogP contribution >= 0.6 is 23.2 Å². The van der Waals surface area contributed by atoms with Gasteiger partial charge in [-0.1, -0.05) is 71.7 Å². The molecule has 1 amide bonds. The van der Waals surface area contributed by atoms with E-state index < -0.39 is 10.0 Å². The second-order valence-corrected chi connectivity index (χ2v) is 10.4. The minimum absolute atomic E-state index is 0.00130. The summed E-state index contributed by atoms with van der Waals surface area (Å²) in [6.45, 7) is 0. The van der Waals surface area contributed by atoms with Crippen LogP contribution in [0.1, 0.15) is 11.1 Å². The van der Waals surface area contributed by atoms with Crippen LogP contribution in [-0.2, 0) is 14.8 Å². The van der Waals surface area contributed by atoms with Gasteiger partial charge in [-0.15, -0.1) is 0 Å². The Hall–Kier alpha value is -3.78. The zero-order valence-corrected chi connectivity index (χ0v) is 21.9. The van der Waals surface area contributed by atoms with Gasteiger partial charge in [-0.25, -0.2) is 8.42 Å². The maximum atomic E-state index is 13.3. The molecule has 37 heavy (non-hydrogen) atoms. The predicted molar refractivity (Wildman–Crippen MR) is 150 cm³/mol. The highest BCUT2D eigenvalue weighted by atomic mass is 35.5. The van der Waals surface area contributed by atoms with Gasteiger partial charge in [-0.3, -0.25) is 9.52 Å². The summed E-state index contributed by atoms with van der Waals surface area (Å²) in [7, 11) is -2.34. The van der Waals surface area contributed by atoms with E-state index in [1.807, 2.05) is 54.6 Å². The van der Waals surface area contributed by atoms with Gasteiger partial charge in [0.25, 0.3) is 15.9 Å². The Morgan fingerprint density at radius 1 is 0.838 bits per heavy atom. The number of rotatable bonds is 8. The van der Waals surface area contributed by atoms with Crippen LogP contribution in [0.15, 0.2) is 102 Å². The lowest BCUT2D eigenvalue weighted by Gasteiger charge is -2.12. The Bertz CT molecular complexity index is 1540. The van der Waals surface area contributed by atoms with Crippen molar-refractivity contribution in [1.82, 2.24) is 0 Å². The van der Waals surface area contributed by atoms with E-state index in [0.29, 0.717) is 17.0 Å². The molecule has 0 saturated carbocycles. The molecule has 0 radical (unpaired) electrons. The quantitative estimate of drug-likeness (QED) is 0.182. The summed E-state index contributed by atoms with van der Waals surface area (Å²) in [5, 5.41) is 3.18. The molecule has 0 aliphatic rings. The number of halogens is 2. The number of sulfonamides is 1. The molecular weight excluding hydrogens is 531 g/mol. The molecule has 0 atom stereocenters. The highest BCUT2D eigenvalue weighted by Crippen LogP contribution is 2.31. The van der Waals surface area contributed by atoms with Crippen molar-refractivity contribution in [2.75, 3.05) is 17.1 Å². The largest absolute Gasteiger partial charge is 0.497 e. The molecule has 188 valence electrons. The molecule has 4 aromatic rings. The van der Waals surface area contributed by atoms with Crippen LogP contribution in [0, 0.1) is 0 Å². The number of hydrogen-bond donors (Lipinski definition) is 2. The van der Waals surface area contributed by atoms with E-state index >= 15 is 0 Å². The molecule has 0 spiro atoms. The fourth-order valence-electron chi connectivity index (χ4n) is 3.47. The van der Waals surface area contributed by atoms with Crippen LogP contribution in [0.25, 0.3) is 11.6 Å². The van der Waals surface area contributed by atoms with Crippen LogP contribution in [0.5, 0.6) is 5.75 Å². The van der Waals surface area contributed by atoms with E-state index in [0.717, 1.165) is 11.1 Å². The van der Waals surface area contributed by atoms with E-state index in [1.54, 1.807) is 25.3 Å². The molecule has 0 heterocycles. The Morgan fingerprint density at radius 2 is 1.51 bits per heavy atom. The monoisotopic (exact) mass is 552 g/mol. The highest BCUT2D eigenvalue weighted by molar-refractivity contribution is 7.92. The number of nitrogens with one attached hydrogen (secondary N) is 2. The summed E-state index contributed by atoms with van der Waals surface area (Å²) in [5.74, 6) is 0.367. The molecule has 0 aliphatic heterocycles. The van der Waals surface area contributed by atoms with Crippen molar-refractivity contribution >= 4 is 62.2 Å². The molecule has 0 fully saturated rings. The molecule has 0 saturated heterocycles. The van der Waals surface area contributed by atoms with Gasteiger partial charge in [-0.05, 0) is 65.7 Å². The molecule has 0 bridgehead atoms. The van der Waals surface area contributed by atoms with Gasteiger partial charge in [0.05, 0.1) is 27.7 Å². The molecule has 4 aromatic carbocycles. The van der Waals surface area contributed by atoms with E-state index in [2.05, 4.69) is 10.0 Å². The normalized spacial score (nSPS) is 11.6. The maximum absolute atomic E-state index is 13.3. The number of carbonyl (C=O) groups is 1. The number of hydrogen-bond acceptors (Lipinski definition) is 4. The van der Waals surface area contributed by atoms with Gasteiger partial charge < -0.3 is 10.1 Å². The van der Waals surface area contributed by atoms with E-state index in [9.17, 15) is 13.2 Å². The van der Waals surface area contributed by atoms with Crippen molar-refractivity contribution in [3.05, 3.63) is 118 Å². The number of anilines is 2. The Balaban J connectivity index is 1.56. The number of ether oxygens (including phenoxy) is 1. The maximum Gasteiger partial charge on any atom is 0.261 e. The fourth-order valence-corrected chi connectivity index (χ4v) is 4.94. The zero-order valence-electron chi connectivity index (χ0n) is 19.6. The topological polar surface area (TPSA) is 84.5 Å². The predicted octanol–water partition coefficient (Wildman–Crippen LogP) is 6.98. The lowest BCUT2D eigenvalue weighted by molar-refractivity contribution is -0.111. The summed E-state index contributed by atoms with van der Waals surface area (Å²) in [6, 6.07) is 27.1. The molecule has 0 aliphatic carbocycles. The smallest absolute Gasteiger partial charge is 0.261 e. The first-order chi connectivity index (χ1) is 17.8. The van der Waals surface area contributed by atoms with Crippen LogP contribution < -0.4 is 14.8 Å². The third-order valence-corrected chi connectivity index (χ3v) is 7.57. The Morgan fingerprint density at radius 3 is 2.16 bits per heavy atom. The van der Waals surface area contributed by atoms with Crippen LogP contribution in [-0.4, -0.2) is 21.4 Å². The summed E-state index contributed by atoms with van der Waals surface area (Å²) in [4.78, 5) is 13.3. The van der Waals surface area contributed by atoms with Gasteiger partial charge in [0.1, 0.15) is 5.75 Å². The van der Waals surface area contributed by atoms with Crippen LogP contribution in [0.4, 0.5) is 11.4 Å². The standard InChI is InChI=1S/C28H22Cl2N2O4S/c1-36-22-14-10-19(11-15-22)18-24(20-6-3-2-4-7-20)28(33)31-21-12-16-23(17-13-21)37(34,35)32-26-9-5-8-25(29)27(26)30/h2-18,32H,1H3,(H,31,33)/b24-18+. The number of benzene rings is 4. The second-order valence-electron chi connectivity index (χ2n) is 7.88. The van der Waals surface area contributed by atoms with E-state index in [-0.39, 0.29) is 26.5 Å². The van der Waals surface area contributed by atoms with Gasteiger partial charge in [-0.2, -0.15) is 0 Å². The fraction of sp³-hybridized carbons (Fsp3) is 0.0357. The molecule has 0 aromatic heterocycles. The molecule has 0 unspecified atom stereocenters. The van der Waals surface area contributed by atoms with E-state index in [1.165, 1.54) is 30.3 Å². The third-order valence-electron chi connectivity index (χ3n) is 5.37. The van der Waals surface area contributed by atoms with Crippen LogP contribution in [0.2, 0.25) is 10.0 Å². The minimum Gasteiger partial charge on any atom is -0.497 e. The lowest BCUT2D eigenvalue weighted by Crippen LogP contribution is -2.15. The molecule has 4 rings (SSSR count). The summed E-state index contributed by atoms with van der Waals surface area (Å²) in [5.41, 5.74) is 2.60. The van der Waals surface area contributed by atoms with Crippen molar-refractivity contribution in [2.45, 2.75) is 4.90 Å². The third kappa shape index (κ3) is 6.51. The van der Waals surface area contributed by atoms with Crippen molar-refractivity contribution in [3.63, 3.8) is 0 Å². The van der Waals surface area contributed by atoms with E-state index in [4.69, 9.17) is 27.9 Å². The Kier molecular flexibility index (Phi) is 8.18. The average molecular weight is 553 g/mol. The van der Waals surface area contributed by atoms with Crippen molar-refractivity contribution in [1.29, 1.82) is 0 Å². The molecular formula is C28H22Cl2N2O4S. The summed E-state index contributed by atoms with van der Waals surface area (Å²) in [6.07, 6.45) is 1.78. The minimum atomic E-state index is -3.93. The van der Waals surface area contributed by atoms with Crippen LogP contribution in [0.3, 0.4) is 0 Å². The van der Waals surface area contributed by atoms with Gasteiger partial charge >= 0.3 is 0 Å². The first-order valence-electron chi connectivity index (χ1n) is 11.1. The summed E-state index contributed by atoms with van der Waals surface area (Å²) < 4.78 is 33.3. The van der Waals surface area contributed by atoms with Gasteiger partial charge in [0.2, 0.25) is 0 Å². The molecule has 9 heteroatoms. The van der Waals surface area contributed by atoms with Crippen molar-refractivity contribution in [3.8, 4) is 5.75 Å². The number of amides is 1. The molecule has 2 N–H and O–H groups in total. The lowest BCUT2D eigenvalue weighted by atomic mass is 10.0. The van der Waals surface area contributed by atoms with Gasteiger partial charge in [0, 0.05) is 11.3 Å².